The molecule has 0 unspecified atom stereocenters. The van der Waals surface area contributed by atoms with Crippen molar-refractivity contribution in [3.05, 3.63) is 48.6 Å². The summed E-state index contributed by atoms with van der Waals surface area (Å²) in [6.45, 7) is 9.89. The van der Waals surface area contributed by atoms with E-state index in [-0.39, 0.29) is 0 Å². The van der Waals surface area contributed by atoms with Crippen LogP contribution in [0.25, 0.3) is 6.08 Å². The van der Waals surface area contributed by atoms with Gasteiger partial charge in [-0.25, -0.2) is 0 Å². The Bertz CT molecular complexity index is 313. The van der Waals surface area contributed by atoms with Crippen LogP contribution in [-0.4, -0.2) is 6.61 Å². The molecule has 0 saturated carbocycles. The Morgan fingerprint density at radius 3 is 2.77 bits per heavy atom. The highest BCUT2D eigenvalue weighted by molar-refractivity contribution is 5.56. The zero-order valence-corrected chi connectivity index (χ0v) is 7.92. The van der Waals surface area contributed by atoms with Gasteiger partial charge in [0, 0.05) is 5.56 Å². The molecule has 0 radical (unpaired) electrons. The Hall–Kier alpha value is -1.50. The first kappa shape index (κ1) is 9.59. The highest BCUT2D eigenvalue weighted by atomic mass is 16.5. The number of aryl methyl sites for hydroxylation is 1. The van der Waals surface area contributed by atoms with Gasteiger partial charge < -0.3 is 4.74 Å². The summed E-state index contributed by atoms with van der Waals surface area (Å²) in [6.07, 6.45) is 3.52. The van der Waals surface area contributed by atoms with Crippen LogP contribution in [0.2, 0.25) is 0 Å². The predicted octanol–water partition coefficient (Wildman–Crippen LogP) is 3.20. The molecule has 0 saturated heterocycles. The maximum Gasteiger partial charge on any atom is 0.127 e. The van der Waals surface area contributed by atoms with Crippen molar-refractivity contribution in [2.24, 2.45) is 0 Å². The standard InChI is InChI=1S/C12H14O/c1-4-8-13-12-9-10(3)6-7-11(12)5-2/h4-7,9H,1-2,8H2,3H3. The number of benzene rings is 1. The summed E-state index contributed by atoms with van der Waals surface area (Å²) in [5, 5.41) is 0. The van der Waals surface area contributed by atoms with Crippen LogP contribution in [0.4, 0.5) is 0 Å². The highest BCUT2D eigenvalue weighted by Crippen LogP contribution is 2.21. The first-order chi connectivity index (χ1) is 6.27. The van der Waals surface area contributed by atoms with E-state index in [4.69, 9.17) is 4.74 Å². The van der Waals surface area contributed by atoms with E-state index in [2.05, 4.69) is 13.2 Å². The fraction of sp³-hybridized carbons (Fsp3) is 0.167. The molecule has 0 aromatic heterocycles. The van der Waals surface area contributed by atoms with Gasteiger partial charge in [-0.3, -0.25) is 0 Å². The molecule has 0 aliphatic carbocycles. The van der Waals surface area contributed by atoms with Gasteiger partial charge in [-0.2, -0.15) is 0 Å². The lowest BCUT2D eigenvalue weighted by atomic mass is 10.1. The van der Waals surface area contributed by atoms with Gasteiger partial charge in [0.2, 0.25) is 0 Å². The zero-order valence-electron chi connectivity index (χ0n) is 7.92. The summed E-state index contributed by atoms with van der Waals surface area (Å²) in [5.41, 5.74) is 2.21. The Kier molecular flexibility index (Phi) is 3.32. The summed E-state index contributed by atoms with van der Waals surface area (Å²) in [4.78, 5) is 0. The average molecular weight is 174 g/mol. The number of ether oxygens (including phenoxy) is 1. The molecule has 68 valence electrons. The van der Waals surface area contributed by atoms with Crippen LogP contribution in [0.1, 0.15) is 11.1 Å². The van der Waals surface area contributed by atoms with Gasteiger partial charge in [0.15, 0.2) is 0 Å². The van der Waals surface area contributed by atoms with E-state index < -0.39 is 0 Å². The topological polar surface area (TPSA) is 9.23 Å². The molecule has 0 amide bonds. The van der Waals surface area contributed by atoms with Gasteiger partial charge in [0.05, 0.1) is 0 Å². The third-order valence-corrected chi connectivity index (χ3v) is 1.75. The average Bonchev–Trinajstić information content (AvgIpc) is 2.15. The van der Waals surface area contributed by atoms with Crippen molar-refractivity contribution >= 4 is 6.08 Å². The molecule has 0 atom stereocenters. The number of rotatable bonds is 4. The molecule has 1 aromatic rings. The lowest BCUT2D eigenvalue weighted by Gasteiger charge is -2.07. The second-order valence-corrected chi connectivity index (χ2v) is 2.85. The molecular formula is C12H14O. The monoisotopic (exact) mass is 174 g/mol. The second kappa shape index (κ2) is 4.51. The Morgan fingerprint density at radius 1 is 1.38 bits per heavy atom. The summed E-state index contributed by atoms with van der Waals surface area (Å²) < 4.78 is 5.47. The molecule has 1 heteroatoms. The summed E-state index contributed by atoms with van der Waals surface area (Å²) in [5.74, 6) is 0.870. The van der Waals surface area contributed by atoms with Gasteiger partial charge in [0.25, 0.3) is 0 Å². The van der Waals surface area contributed by atoms with Crippen LogP contribution in [0.5, 0.6) is 5.75 Å². The summed E-state index contributed by atoms with van der Waals surface area (Å²) >= 11 is 0. The van der Waals surface area contributed by atoms with Gasteiger partial charge in [-0.15, -0.1) is 0 Å². The van der Waals surface area contributed by atoms with Gasteiger partial charge in [-0.05, 0) is 18.6 Å². The predicted molar refractivity (Wildman–Crippen MR) is 57.0 cm³/mol. The highest BCUT2D eigenvalue weighted by Gasteiger charge is 1.98. The molecule has 1 nitrogen and oxygen atoms in total. The fourth-order valence-electron chi connectivity index (χ4n) is 1.08. The van der Waals surface area contributed by atoms with Crippen LogP contribution in [0.15, 0.2) is 37.4 Å². The fourth-order valence-corrected chi connectivity index (χ4v) is 1.08. The summed E-state index contributed by atoms with van der Waals surface area (Å²) in [7, 11) is 0. The van der Waals surface area contributed by atoms with Gasteiger partial charge >= 0.3 is 0 Å². The van der Waals surface area contributed by atoms with Crippen molar-refractivity contribution in [3.63, 3.8) is 0 Å². The normalized spacial score (nSPS) is 9.31. The lowest BCUT2D eigenvalue weighted by Crippen LogP contribution is -1.95. The second-order valence-electron chi connectivity index (χ2n) is 2.85. The van der Waals surface area contributed by atoms with Crippen molar-refractivity contribution in [1.82, 2.24) is 0 Å². The lowest BCUT2D eigenvalue weighted by molar-refractivity contribution is 0.362. The minimum absolute atomic E-state index is 0.532. The first-order valence-corrected chi connectivity index (χ1v) is 4.24. The number of hydrogen-bond donors (Lipinski definition) is 0. The van der Waals surface area contributed by atoms with E-state index >= 15 is 0 Å². The molecule has 0 fully saturated rings. The van der Waals surface area contributed by atoms with E-state index in [0.717, 1.165) is 11.3 Å². The third-order valence-electron chi connectivity index (χ3n) is 1.75. The Labute approximate surface area is 79.4 Å². The zero-order chi connectivity index (χ0) is 9.68. The van der Waals surface area contributed by atoms with Crippen molar-refractivity contribution < 1.29 is 4.74 Å². The van der Waals surface area contributed by atoms with Crippen molar-refractivity contribution in [2.45, 2.75) is 6.92 Å². The largest absolute Gasteiger partial charge is 0.489 e. The Balaban J connectivity index is 2.93. The molecule has 13 heavy (non-hydrogen) atoms. The molecule has 0 N–H and O–H groups in total. The molecule has 1 rings (SSSR count). The van der Waals surface area contributed by atoms with E-state index in [0.29, 0.717) is 6.61 Å². The summed E-state index contributed by atoms with van der Waals surface area (Å²) in [6, 6.07) is 6.04. The molecule has 0 aliphatic rings. The van der Waals surface area contributed by atoms with Crippen LogP contribution in [-0.2, 0) is 0 Å². The maximum atomic E-state index is 5.47. The van der Waals surface area contributed by atoms with Crippen LogP contribution < -0.4 is 4.74 Å². The maximum absolute atomic E-state index is 5.47. The van der Waals surface area contributed by atoms with Crippen molar-refractivity contribution in [2.75, 3.05) is 6.61 Å². The molecule has 0 spiro atoms. The van der Waals surface area contributed by atoms with E-state index in [1.165, 1.54) is 5.56 Å². The Morgan fingerprint density at radius 2 is 2.15 bits per heavy atom. The molecular weight excluding hydrogens is 160 g/mol. The van der Waals surface area contributed by atoms with Crippen LogP contribution >= 0.6 is 0 Å². The quantitative estimate of drug-likeness (QED) is 0.637. The molecule has 0 aliphatic heterocycles. The van der Waals surface area contributed by atoms with Gasteiger partial charge in [0.1, 0.15) is 12.4 Å². The van der Waals surface area contributed by atoms with Crippen LogP contribution in [0.3, 0.4) is 0 Å². The smallest absolute Gasteiger partial charge is 0.127 e. The van der Waals surface area contributed by atoms with Crippen molar-refractivity contribution in [3.8, 4) is 5.75 Å². The SMILES string of the molecule is C=CCOc1cc(C)ccc1C=C. The van der Waals surface area contributed by atoms with E-state index in [9.17, 15) is 0 Å². The van der Waals surface area contributed by atoms with Gasteiger partial charge in [-0.1, -0.05) is 37.4 Å². The minimum Gasteiger partial charge on any atom is -0.489 e. The van der Waals surface area contributed by atoms with Crippen molar-refractivity contribution in [1.29, 1.82) is 0 Å². The van der Waals surface area contributed by atoms with E-state index in [1.807, 2.05) is 25.1 Å². The minimum atomic E-state index is 0.532. The molecule has 0 heterocycles. The molecule has 0 bridgehead atoms. The molecule has 1 aromatic carbocycles. The first-order valence-electron chi connectivity index (χ1n) is 4.24. The third kappa shape index (κ3) is 2.48. The number of hydrogen-bond acceptors (Lipinski definition) is 1. The van der Waals surface area contributed by atoms with E-state index in [1.54, 1.807) is 12.2 Å². The van der Waals surface area contributed by atoms with Crippen LogP contribution in [0, 0.1) is 6.92 Å².